The molecule has 3 aromatic carbocycles. The lowest BCUT2D eigenvalue weighted by Crippen LogP contribution is -2.33. The number of nitrogens with one attached hydrogen (secondary N) is 1. The number of phenolic OH excluding ortho intramolecular Hbond substituents is 1. The number of ether oxygens (including phenoxy) is 1. The maximum atomic E-state index is 11.5. The molecule has 0 aromatic heterocycles. The van der Waals surface area contributed by atoms with Gasteiger partial charge in [-0.3, -0.25) is 0 Å². The molecule has 0 spiro atoms. The molecule has 0 aliphatic heterocycles. The van der Waals surface area contributed by atoms with Gasteiger partial charge in [-0.25, -0.2) is 4.79 Å². The van der Waals surface area contributed by atoms with Crippen molar-refractivity contribution in [2.45, 2.75) is 39.3 Å². The fourth-order valence-corrected chi connectivity index (χ4v) is 3.63. The normalized spacial score (nSPS) is 13.0. The van der Waals surface area contributed by atoms with Crippen molar-refractivity contribution >= 4 is 5.97 Å². The minimum atomic E-state index is -1.00. The Bertz CT molecular complexity index is 1080. The average molecular weight is 464 g/mol. The summed E-state index contributed by atoms with van der Waals surface area (Å²) in [6, 6.07) is 19.8. The van der Waals surface area contributed by atoms with E-state index in [1.165, 1.54) is 0 Å². The summed E-state index contributed by atoms with van der Waals surface area (Å²) in [7, 11) is 0. The van der Waals surface area contributed by atoms with Crippen LogP contribution in [0.15, 0.2) is 66.7 Å². The molecule has 2 atom stereocenters. The minimum absolute atomic E-state index is 0.138. The highest BCUT2D eigenvalue weighted by atomic mass is 16.5. The van der Waals surface area contributed by atoms with Gasteiger partial charge in [0, 0.05) is 6.04 Å². The molecule has 6 nitrogen and oxygen atoms in total. The highest BCUT2D eigenvalue weighted by molar-refractivity contribution is 5.92. The number of rotatable bonds is 11. The summed E-state index contributed by atoms with van der Waals surface area (Å²) in [5.41, 5.74) is 3.96. The Morgan fingerprint density at radius 1 is 0.941 bits per heavy atom. The van der Waals surface area contributed by atoms with Crippen molar-refractivity contribution in [1.29, 1.82) is 0 Å². The zero-order valence-electron chi connectivity index (χ0n) is 19.9. The van der Waals surface area contributed by atoms with E-state index in [4.69, 9.17) is 4.74 Å². The van der Waals surface area contributed by atoms with Crippen LogP contribution >= 0.6 is 0 Å². The Kier molecular flexibility index (Phi) is 8.68. The Labute approximate surface area is 200 Å². The number of hydrogen-bond acceptors (Lipinski definition) is 5. The predicted molar refractivity (Wildman–Crippen MR) is 133 cm³/mol. The van der Waals surface area contributed by atoms with E-state index in [1.54, 1.807) is 42.5 Å². The number of benzene rings is 3. The van der Waals surface area contributed by atoms with Crippen molar-refractivity contribution in [2.24, 2.45) is 5.92 Å². The number of aliphatic hydroxyl groups is 1. The van der Waals surface area contributed by atoms with Gasteiger partial charge in [0.25, 0.3) is 0 Å². The molecule has 3 rings (SSSR count). The van der Waals surface area contributed by atoms with E-state index in [1.807, 2.05) is 32.9 Å². The molecule has 0 radical (unpaired) electrons. The highest BCUT2D eigenvalue weighted by Crippen LogP contribution is 2.28. The number of carbonyl (C=O) groups is 1. The van der Waals surface area contributed by atoms with Gasteiger partial charge in [0.1, 0.15) is 17.1 Å². The second-order valence-electron chi connectivity index (χ2n) is 8.95. The molecular weight excluding hydrogens is 430 g/mol. The van der Waals surface area contributed by atoms with Crippen LogP contribution in [0.2, 0.25) is 0 Å². The summed E-state index contributed by atoms with van der Waals surface area (Å²) in [6.07, 6.45) is 0.136. The molecule has 0 aliphatic rings. The van der Waals surface area contributed by atoms with Crippen LogP contribution in [0.25, 0.3) is 11.1 Å². The third kappa shape index (κ3) is 6.83. The van der Waals surface area contributed by atoms with Crippen molar-refractivity contribution in [2.75, 3.05) is 13.2 Å². The number of phenols is 1. The number of aromatic hydroxyl groups is 1. The Hall–Kier alpha value is -3.35. The van der Waals surface area contributed by atoms with Crippen LogP contribution in [0.1, 0.15) is 48.4 Å². The first-order chi connectivity index (χ1) is 16.2. The van der Waals surface area contributed by atoms with Crippen LogP contribution < -0.4 is 10.1 Å². The van der Waals surface area contributed by atoms with E-state index in [9.17, 15) is 20.1 Å². The van der Waals surface area contributed by atoms with E-state index in [0.29, 0.717) is 24.8 Å². The summed E-state index contributed by atoms with van der Waals surface area (Å²) in [5.74, 6) is -0.147. The van der Waals surface area contributed by atoms with Gasteiger partial charge < -0.3 is 25.4 Å². The van der Waals surface area contributed by atoms with Gasteiger partial charge in [-0.05, 0) is 72.3 Å². The summed E-state index contributed by atoms with van der Waals surface area (Å²) < 4.78 is 5.76. The molecule has 4 N–H and O–H groups in total. The van der Waals surface area contributed by atoms with Gasteiger partial charge in [-0.2, -0.15) is 0 Å². The molecule has 0 saturated carbocycles. The lowest BCUT2D eigenvalue weighted by Gasteiger charge is -2.21. The average Bonchev–Trinajstić information content (AvgIpc) is 2.82. The van der Waals surface area contributed by atoms with Gasteiger partial charge in [0.05, 0.1) is 12.7 Å². The molecule has 3 aromatic rings. The van der Waals surface area contributed by atoms with Crippen LogP contribution in [0.5, 0.6) is 11.5 Å². The fourth-order valence-electron chi connectivity index (χ4n) is 3.63. The molecule has 180 valence electrons. The van der Waals surface area contributed by atoms with Gasteiger partial charge in [0.15, 0.2) is 0 Å². The quantitative estimate of drug-likeness (QED) is 0.318. The molecular formula is C28H33NO5. The number of hydrogen-bond donors (Lipinski definition) is 4. The molecule has 0 heterocycles. The zero-order valence-corrected chi connectivity index (χ0v) is 19.9. The molecule has 0 aliphatic carbocycles. The van der Waals surface area contributed by atoms with E-state index < -0.39 is 12.1 Å². The van der Waals surface area contributed by atoms with Gasteiger partial charge in [0.2, 0.25) is 0 Å². The third-order valence-corrected chi connectivity index (χ3v) is 5.66. The highest BCUT2D eigenvalue weighted by Gasteiger charge is 2.16. The Morgan fingerprint density at radius 2 is 1.59 bits per heavy atom. The Morgan fingerprint density at radius 3 is 2.21 bits per heavy atom. The van der Waals surface area contributed by atoms with Crippen molar-refractivity contribution in [1.82, 2.24) is 5.32 Å². The first-order valence-electron chi connectivity index (χ1n) is 11.5. The van der Waals surface area contributed by atoms with E-state index in [0.717, 1.165) is 28.7 Å². The second kappa shape index (κ2) is 11.7. The monoisotopic (exact) mass is 463 g/mol. The summed E-state index contributed by atoms with van der Waals surface area (Å²) in [6.45, 7) is 7.13. The molecule has 0 unspecified atom stereocenters. The first-order valence-corrected chi connectivity index (χ1v) is 11.5. The van der Waals surface area contributed by atoms with E-state index in [-0.39, 0.29) is 17.4 Å². The lowest BCUT2D eigenvalue weighted by atomic mass is 10.0. The maximum Gasteiger partial charge on any atom is 0.339 e. The van der Waals surface area contributed by atoms with Crippen LogP contribution in [-0.2, 0) is 6.42 Å². The van der Waals surface area contributed by atoms with Crippen molar-refractivity contribution < 1.29 is 24.9 Å². The summed E-state index contributed by atoms with van der Waals surface area (Å²) in [5, 5.41) is 32.7. The minimum Gasteiger partial charge on any atom is -0.508 e. The maximum absolute atomic E-state index is 11.5. The van der Waals surface area contributed by atoms with Gasteiger partial charge >= 0.3 is 5.97 Å². The van der Waals surface area contributed by atoms with Gasteiger partial charge in [-0.1, -0.05) is 56.3 Å². The topological polar surface area (TPSA) is 99.0 Å². The fraction of sp³-hybridized carbons (Fsp3) is 0.321. The standard InChI is InChI=1S/C28H33NO5/c1-18(2)17-34-26-16-23(10-13-25(26)28(32)33)21-6-4-20(5-7-21)14-15-29-19(3)27(31)22-8-11-24(30)12-9-22/h4-13,16,18-19,27,29-31H,14-15,17H2,1-3H3,(H,32,33)/t19-,27-/m0/s1. The second-order valence-corrected chi connectivity index (χ2v) is 8.95. The first kappa shape index (κ1) is 25.3. The van der Waals surface area contributed by atoms with Crippen LogP contribution in [0.3, 0.4) is 0 Å². The smallest absolute Gasteiger partial charge is 0.339 e. The molecule has 0 amide bonds. The number of carboxylic acids is 1. The van der Waals surface area contributed by atoms with Crippen molar-refractivity contribution in [3.05, 3.63) is 83.4 Å². The largest absolute Gasteiger partial charge is 0.508 e. The van der Waals surface area contributed by atoms with E-state index in [2.05, 4.69) is 17.4 Å². The number of carboxylic acid groups (broad SMARTS) is 1. The molecule has 0 bridgehead atoms. The summed E-state index contributed by atoms with van der Waals surface area (Å²) in [4.78, 5) is 11.5. The summed E-state index contributed by atoms with van der Waals surface area (Å²) >= 11 is 0. The van der Waals surface area contributed by atoms with Crippen molar-refractivity contribution in [3.63, 3.8) is 0 Å². The lowest BCUT2D eigenvalue weighted by molar-refractivity contribution is 0.0691. The SMILES string of the molecule is CC(C)COc1cc(-c2ccc(CCN[C@@H](C)[C@H](O)c3ccc(O)cc3)cc2)ccc1C(=O)O. The van der Waals surface area contributed by atoms with Crippen LogP contribution in [0, 0.1) is 5.92 Å². The van der Waals surface area contributed by atoms with E-state index >= 15 is 0 Å². The van der Waals surface area contributed by atoms with Crippen LogP contribution in [0.4, 0.5) is 0 Å². The number of aromatic carboxylic acids is 1. The third-order valence-electron chi connectivity index (χ3n) is 5.66. The Balaban J connectivity index is 1.59. The molecule has 6 heteroatoms. The van der Waals surface area contributed by atoms with Gasteiger partial charge in [-0.15, -0.1) is 0 Å². The number of aliphatic hydroxyl groups excluding tert-OH is 1. The van der Waals surface area contributed by atoms with Crippen LogP contribution in [-0.4, -0.2) is 40.5 Å². The predicted octanol–water partition coefficient (Wildman–Crippen LogP) is 5.05. The molecule has 0 fully saturated rings. The van der Waals surface area contributed by atoms with Crippen molar-refractivity contribution in [3.8, 4) is 22.6 Å². The molecule has 34 heavy (non-hydrogen) atoms. The zero-order chi connectivity index (χ0) is 24.7. The molecule has 0 saturated heterocycles.